The van der Waals surface area contributed by atoms with Crippen molar-refractivity contribution < 1.29 is 12.8 Å². The quantitative estimate of drug-likeness (QED) is 0.777. The van der Waals surface area contributed by atoms with Crippen molar-refractivity contribution in [2.24, 2.45) is 0 Å². The van der Waals surface area contributed by atoms with E-state index in [1.165, 1.54) is 12.1 Å². The highest BCUT2D eigenvalue weighted by Gasteiger charge is 2.17. The Morgan fingerprint density at radius 1 is 1.09 bits per heavy atom. The summed E-state index contributed by atoms with van der Waals surface area (Å²) in [6, 6.07) is 13.7. The molecule has 0 saturated carbocycles. The van der Waals surface area contributed by atoms with Crippen LogP contribution in [0.5, 0.6) is 0 Å². The molecule has 0 unspecified atom stereocenters. The largest absolute Gasteiger partial charge is 0.441 e. The first-order valence-corrected chi connectivity index (χ1v) is 8.51. The van der Waals surface area contributed by atoms with Crippen molar-refractivity contribution in [1.82, 2.24) is 9.71 Å². The van der Waals surface area contributed by atoms with Crippen LogP contribution >= 0.6 is 11.6 Å². The Bertz CT molecular complexity index is 873. The second-order valence-corrected chi connectivity index (χ2v) is 6.80. The minimum Gasteiger partial charge on any atom is -0.441 e. The normalized spacial score (nSPS) is 11.9. The van der Waals surface area contributed by atoms with E-state index < -0.39 is 10.0 Å². The molecule has 5 nitrogen and oxygen atoms in total. The molecule has 3 aromatic rings. The molecule has 0 saturated heterocycles. The van der Waals surface area contributed by atoms with Gasteiger partial charge in [0.15, 0.2) is 11.5 Å². The Labute approximate surface area is 133 Å². The molecule has 0 fully saturated rings. The van der Waals surface area contributed by atoms with E-state index in [4.69, 9.17) is 16.0 Å². The fraction of sp³-hybridized carbons (Fsp3) is 0.133. The number of hydrogen-bond acceptors (Lipinski definition) is 4. The number of fused-ring (bicyclic) bond motifs is 1. The average molecular weight is 337 g/mol. The van der Waals surface area contributed by atoms with Crippen molar-refractivity contribution in [3.05, 3.63) is 59.4 Å². The van der Waals surface area contributed by atoms with E-state index in [2.05, 4.69) is 9.71 Å². The van der Waals surface area contributed by atoms with E-state index >= 15 is 0 Å². The predicted octanol–water partition coefficient (Wildman–Crippen LogP) is 3.00. The van der Waals surface area contributed by atoms with Gasteiger partial charge in [0.1, 0.15) is 10.4 Å². The van der Waals surface area contributed by atoms with Crippen LogP contribution in [0.2, 0.25) is 5.02 Å². The van der Waals surface area contributed by atoms with Crippen LogP contribution in [0.1, 0.15) is 5.89 Å². The van der Waals surface area contributed by atoms with Crippen LogP contribution in [-0.4, -0.2) is 19.9 Å². The number of sulfonamides is 1. The number of benzene rings is 2. The molecule has 0 aliphatic heterocycles. The first kappa shape index (κ1) is 15.0. The van der Waals surface area contributed by atoms with Crippen LogP contribution in [0, 0.1) is 0 Å². The molecule has 114 valence electrons. The molecule has 22 heavy (non-hydrogen) atoms. The minimum atomic E-state index is -3.64. The first-order chi connectivity index (χ1) is 10.6. The van der Waals surface area contributed by atoms with Crippen LogP contribution in [0.15, 0.2) is 57.8 Å². The molecule has 0 bridgehead atoms. The van der Waals surface area contributed by atoms with Crippen LogP contribution < -0.4 is 4.72 Å². The minimum absolute atomic E-state index is 0.0641. The maximum absolute atomic E-state index is 12.2. The van der Waals surface area contributed by atoms with Gasteiger partial charge >= 0.3 is 0 Å². The third-order valence-electron chi connectivity index (χ3n) is 3.10. The molecule has 1 aromatic heterocycles. The van der Waals surface area contributed by atoms with Gasteiger partial charge in [0.2, 0.25) is 10.0 Å². The molecule has 0 atom stereocenters. The molecule has 0 aliphatic carbocycles. The van der Waals surface area contributed by atoms with Gasteiger partial charge in [0.05, 0.1) is 5.02 Å². The van der Waals surface area contributed by atoms with Gasteiger partial charge in [-0.05, 0) is 24.3 Å². The zero-order valence-electron chi connectivity index (χ0n) is 11.5. The lowest BCUT2D eigenvalue weighted by Gasteiger charge is -2.06. The van der Waals surface area contributed by atoms with E-state index in [9.17, 15) is 8.42 Å². The molecular formula is C15H13ClN2O3S. The number of rotatable bonds is 5. The summed E-state index contributed by atoms with van der Waals surface area (Å²) in [7, 11) is -3.64. The summed E-state index contributed by atoms with van der Waals surface area (Å²) < 4.78 is 32.4. The fourth-order valence-corrected chi connectivity index (χ4v) is 3.61. The predicted molar refractivity (Wildman–Crippen MR) is 84.4 cm³/mol. The lowest BCUT2D eigenvalue weighted by molar-refractivity contribution is 0.523. The molecule has 0 aliphatic rings. The molecule has 3 rings (SSSR count). The molecule has 1 N–H and O–H groups in total. The van der Waals surface area contributed by atoms with E-state index in [1.54, 1.807) is 12.1 Å². The Hall–Kier alpha value is -1.89. The van der Waals surface area contributed by atoms with Gasteiger partial charge in [-0.1, -0.05) is 35.9 Å². The first-order valence-electron chi connectivity index (χ1n) is 6.65. The van der Waals surface area contributed by atoms with E-state index in [1.807, 2.05) is 24.3 Å². The fourth-order valence-electron chi connectivity index (χ4n) is 2.06. The van der Waals surface area contributed by atoms with Crippen molar-refractivity contribution in [3.8, 4) is 0 Å². The van der Waals surface area contributed by atoms with E-state index in [0.29, 0.717) is 17.9 Å². The second-order valence-electron chi connectivity index (χ2n) is 4.65. The van der Waals surface area contributed by atoms with Gasteiger partial charge in [-0.2, -0.15) is 0 Å². The monoisotopic (exact) mass is 336 g/mol. The summed E-state index contributed by atoms with van der Waals surface area (Å²) in [6.07, 6.45) is 0.359. The topological polar surface area (TPSA) is 72.2 Å². The Morgan fingerprint density at radius 3 is 2.59 bits per heavy atom. The summed E-state index contributed by atoms with van der Waals surface area (Å²) in [5.41, 5.74) is 1.44. The highest BCUT2D eigenvalue weighted by atomic mass is 35.5. The SMILES string of the molecule is O=S(=O)(NCCc1nc2ccccc2o1)c1ccccc1Cl. The van der Waals surface area contributed by atoms with Gasteiger partial charge in [-0.25, -0.2) is 18.1 Å². The van der Waals surface area contributed by atoms with Crippen molar-refractivity contribution in [2.75, 3.05) is 6.54 Å². The average Bonchev–Trinajstić information content (AvgIpc) is 2.90. The highest BCUT2D eigenvalue weighted by Crippen LogP contribution is 2.20. The lowest BCUT2D eigenvalue weighted by Crippen LogP contribution is -2.26. The number of para-hydroxylation sites is 2. The number of oxazole rings is 1. The maximum atomic E-state index is 12.2. The van der Waals surface area contributed by atoms with Crippen molar-refractivity contribution in [3.63, 3.8) is 0 Å². The smallest absolute Gasteiger partial charge is 0.242 e. The van der Waals surface area contributed by atoms with Gasteiger partial charge in [-0.3, -0.25) is 0 Å². The zero-order valence-corrected chi connectivity index (χ0v) is 13.1. The van der Waals surface area contributed by atoms with Gasteiger partial charge in [0.25, 0.3) is 0 Å². The standard InChI is InChI=1S/C15H13ClN2O3S/c16-11-5-1-4-8-14(11)22(19,20)17-10-9-15-18-12-6-2-3-7-13(12)21-15/h1-8,17H,9-10H2. The third kappa shape index (κ3) is 3.14. The Kier molecular flexibility index (Phi) is 4.15. The number of nitrogens with one attached hydrogen (secondary N) is 1. The number of halogens is 1. The molecule has 7 heteroatoms. The summed E-state index contributed by atoms with van der Waals surface area (Å²) in [5.74, 6) is 0.489. The Balaban J connectivity index is 1.69. The summed E-state index contributed by atoms with van der Waals surface area (Å²) >= 11 is 5.91. The van der Waals surface area contributed by atoms with Crippen LogP contribution in [-0.2, 0) is 16.4 Å². The summed E-state index contributed by atoms with van der Waals surface area (Å²) in [4.78, 5) is 4.36. The maximum Gasteiger partial charge on any atom is 0.242 e. The number of nitrogens with zero attached hydrogens (tertiary/aromatic N) is 1. The van der Waals surface area contributed by atoms with Crippen molar-refractivity contribution in [1.29, 1.82) is 0 Å². The highest BCUT2D eigenvalue weighted by molar-refractivity contribution is 7.89. The molecule has 0 radical (unpaired) electrons. The number of hydrogen-bond donors (Lipinski definition) is 1. The third-order valence-corrected chi connectivity index (χ3v) is 5.06. The molecular weight excluding hydrogens is 324 g/mol. The Morgan fingerprint density at radius 2 is 1.82 bits per heavy atom. The summed E-state index contributed by atoms with van der Waals surface area (Å²) in [6.45, 7) is 0.181. The molecule has 0 amide bonds. The number of aromatic nitrogens is 1. The molecule has 1 heterocycles. The van der Waals surface area contributed by atoms with Gasteiger partial charge in [-0.15, -0.1) is 0 Å². The molecule has 0 spiro atoms. The zero-order chi connectivity index (χ0) is 15.6. The summed E-state index contributed by atoms with van der Waals surface area (Å²) in [5, 5.41) is 0.192. The lowest BCUT2D eigenvalue weighted by atomic mass is 10.3. The van der Waals surface area contributed by atoms with Gasteiger partial charge < -0.3 is 4.42 Å². The van der Waals surface area contributed by atoms with Crippen LogP contribution in [0.3, 0.4) is 0 Å². The van der Waals surface area contributed by atoms with Crippen LogP contribution in [0.25, 0.3) is 11.1 Å². The molecule has 2 aromatic carbocycles. The van der Waals surface area contributed by atoms with E-state index in [-0.39, 0.29) is 16.5 Å². The van der Waals surface area contributed by atoms with Crippen molar-refractivity contribution >= 4 is 32.7 Å². The van der Waals surface area contributed by atoms with Gasteiger partial charge in [0, 0.05) is 13.0 Å². The van der Waals surface area contributed by atoms with E-state index in [0.717, 1.165) is 5.52 Å². The van der Waals surface area contributed by atoms with Crippen LogP contribution in [0.4, 0.5) is 0 Å². The van der Waals surface area contributed by atoms with Crippen molar-refractivity contribution in [2.45, 2.75) is 11.3 Å². The second kappa shape index (κ2) is 6.08.